The molecule has 1 aromatic rings. The van der Waals surface area contributed by atoms with Gasteiger partial charge in [0.2, 0.25) is 0 Å². The number of hydrogen-bond acceptors (Lipinski definition) is 3. The van der Waals surface area contributed by atoms with E-state index in [2.05, 4.69) is 10.6 Å². The van der Waals surface area contributed by atoms with Crippen molar-refractivity contribution >= 4 is 11.8 Å². The molecule has 1 aromatic carbocycles. The van der Waals surface area contributed by atoms with Crippen LogP contribution in [-0.2, 0) is 20.7 Å². The normalized spacial score (nSPS) is 9.95. The van der Waals surface area contributed by atoms with Crippen molar-refractivity contribution < 1.29 is 14.3 Å². The Labute approximate surface area is 113 Å². The molecule has 5 heteroatoms. The molecule has 2 amide bonds. The van der Waals surface area contributed by atoms with Gasteiger partial charge in [0.1, 0.15) is 0 Å². The zero-order chi connectivity index (χ0) is 13.9. The van der Waals surface area contributed by atoms with Gasteiger partial charge in [0, 0.05) is 26.8 Å². The second-order valence-corrected chi connectivity index (χ2v) is 4.09. The lowest BCUT2D eigenvalue weighted by Crippen LogP contribution is -2.41. The zero-order valence-electron chi connectivity index (χ0n) is 11.1. The molecule has 0 aliphatic rings. The highest BCUT2D eigenvalue weighted by Gasteiger charge is 2.11. The number of carbonyl (C=O) groups excluding carboxylic acids is 2. The van der Waals surface area contributed by atoms with Gasteiger partial charge in [-0.05, 0) is 18.4 Å². The summed E-state index contributed by atoms with van der Waals surface area (Å²) in [7, 11) is 1.60. The van der Waals surface area contributed by atoms with Crippen LogP contribution in [0.5, 0.6) is 0 Å². The van der Waals surface area contributed by atoms with Gasteiger partial charge in [0.05, 0.1) is 0 Å². The highest BCUT2D eigenvalue weighted by molar-refractivity contribution is 6.35. The summed E-state index contributed by atoms with van der Waals surface area (Å²) >= 11 is 0. The number of rotatable bonds is 7. The topological polar surface area (TPSA) is 67.4 Å². The van der Waals surface area contributed by atoms with Crippen LogP contribution in [0.2, 0.25) is 0 Å². The van der Waals surface area contributed by atoms with Crippen LogP contribution >= 0.6 is 0 Å². The summed E-state index contributed by atoms with van der Waals surface area (Å²) in [5.41, 5.74) is 1.13. The Morgan fingerprint density at radius 2 is 1.68 bits per heavy atom. The minimum Gasteiger partial charge on any atom is -0.385 e. The average Bonchev–Trinajstić information content (AvgIpc) is 2.44. The van der Waals surface area contributed by atoms with Gasteiger partial charge in [0.15, 0.2) is 0 Å². The fourth-order valence-electron chi connectivity index (χ4n) is 1.54. The van der Waals surface area contributed by atoms with Gasteiger partial charge in [0.25, 0.3) is 0 Å². The van der Waals surface area contributed by atoms with Crippen LogP contribution in [0.4, 0.5) is 0 Å². The maximum atomic E-state index is 11.4. The van der Waals surface area contributed by atoms with E-state index in [-0.39, 0.29) is 0 Å². The molecule has 19 heavy (non-hydrogen) atoms. The Bertz CT molecular complexity index is 393. The second kappa shape index (κ2) is 9.10. The first-order valence-electron chi connectivity index (χ1n) is 6.33. The summed E-state index contributed by atoms with van der Waals surface area (Å²) in [4.78, 5) is 22.8. The fourth-order valence-corrected chi connectivity index (χ4v) is 1.54. The van der Waals surface area contributed by atoms with E-state index in [0.717, 1.165) is 5.56 Å². The summed E-state index contributed by atoms with van der Waals surface area (Å²) in [5.74, 6) is -1.18. The third kappa shape index (κ3) is 6.57. The van der Waals surface area contributed by atoms with Crippen LogP contribution in [-0.4, -0.2) is 38.6 Å². The predicted octanol–water partition coefficient (Wildman–Crippen LogP) is 0.498. The molecule has 0 aromatic heterocycles. The van der Waals surface area contributed by atoms with Gasteiger partial charge in [-0.25, -0.2) is 0 Å². The van der Waals surface area contributed by atoms with Crippen LogP contribution in [0.15, 0.2) is 30.3 Å². The molecular weight excluding hydrogens is 244 g/mol. The van der Waals surface area contributed by atoms with Crippen molar-refractivity contribution in [1.82, 2.24) is 10.6 Å². The lowest BCUT2D eigenvalue weighted by atomic mass is 10.1. The smallest absolute Gasteiger partial charge is 0.309 e. The Kier molecular flexibility index (Phi) is 7.27. The van der Waals surface area contributed by atoms with Gasteiger partial charge in [-0.15, -0.1) is 0 Å². The molecular formula is C14H20N2O3. The van der Waals surface area contributed by atoms with E-state index in [1.165, 1.54) is 0 Å². The van der Waals surface area contributed by atoms with E-state index in [1.54, 1.807) is 7.11 Å². The van der Waals surface area contributed by atoms with Gasteiger partial charge in [-0.2, -0.15) is 0 Å². The Hall–Kier alpha value is -1.88. The van der Waals surface area contributed by atoms with Gasteiger partial charge in [-0.3, -0.25) is 9.59 Å². The molecule has 0 bridgehead atoms. The van der Waals surface area contributed by atoms with Gasteiger partial charge in [-0.1, -0.05) is 30.3 Å². The molecule has 0 heterocycles. The molecule has 0 radical (unpaired) electrons. The maximum absolute atomic E-state index is 11.4. The number of nitrogens with one attached hydrogen (secondary N) is 2. The predicted molar refractivity (Wildman–Crippen MR) is 72.7 cm³/mol. The van der Waals surface area contributed by atoms with E-state index in [9.17, 15) is 9.59 Å². The Balaban J connectivity index is 2.14. The van der Waals surface area contributed by atoms with E-state index in [4.69, 9.17) is 4.74 Å². The van der Waals surface area contributed by atoms with Crippen molar-refractivity contribution in [2.24, 2.45) is 0 Å². The average molecular weight is 264 g/mol. The summed E-state index contributed by atoms with van der Waals surface area (Å²) < 4.78 is 4.85. The summed E-state index contributed by atoms with van der Waals surface area (Å²) in [6.45, 7) is 1.46. The molecule has 0 fully saturated rings. The number of ether oxygens (including phenoxy) is 1. The fraction of sp³-hybridized carbons (Fsp3) is 0.429. The van der Waals surface area contributed by atoms with E-state index in [1.807, 2.05) is 30.3 Å². The first-order valence-corrected chi connectivity index (χ1v) is 6.33. The third-order valence-corrected chi connectivity index (χ3v) is 2.56. The molecule has 0 atom stereocenters. The molecule has 0 aliphatic carbocycles. The summed E-state index contributed by atoms with van der Waals surface area (Å²) in [6, 6.07) is 9.79. The Morgan fingerprint density at radius 3 is 2.32 bits per heavy atom. The molecule has 2 N–H and O–H groups in total. The molecule has 0 unspecified atom stereocenters. The van der Waals surface area contributed by atoms with E-state index in [0.29, 0.717) is 32.5 Å². The largest absolute Gasteiger partial charge is 0.385 e. The van der Waals surface area contributed by atoms with Gasteiger partial charge >= 0.3 is 11.8 Å². The summed E-state index contributed by atoms with van der Waals surface area (Å²) in [5, 5.41) is 5.12. The minimum absolute atomic E-state index is 0.443. The molecule has 104 valence electrons. The van der Waals surface area contributed by atoms with Crippen LogP contribution < -0.4 is 10.6 Å². The van der Waals surface area contributed by atoms with Crippen LogP contribution in [0.3, 0.4) is 0 Å². The van der Waals surface area contributed by atoms with Crippen molar-refractivity contribution in [2.45, 2.75) is 12.8 Å². The maximum Gasteiger partial charge on any atom is 0.309 e. The standard InChI is InChI=1S/C14H20N2O3/c1-19-11-5-9-15-13(17)14(18)16-10-8-12-6-3-2-4-7-12/h2-4,6-7H,5,8-11H2,1H3,(H,15,17)(H,16,18). The van der Waals surface area contributed by atoms with Crippen LogP contribution in [0.1, 0.15) is 12.0 Å². The number of methoxy groups -OCH3 is 1. The zero-order valence-corrected chi connectivity index (χ0v) is 11.1. The third-order valence-electron chi connectivity index (χ3n) is 2.56. The van der Waals surface area contributed by atoms with Crippen molar-refractivity contribution in [3.8, 4) is 0 Å². The Morgan fingerprint density at radius 1 is 1.05 bits per heavy atom. The number of hydrogen-bond donors (Lipinski definition) is 2. The lowest BCUT2D eigenvalue weighted by molar-refractivity contribution is -0.139. The molecule has 0 spiro atoms. The van der Waals surface area contributed by atoms with E-state index >= 15 is 0 Å². The number of benzene rings is 1. The van der Waals surface area contributed by atoms with Crippen molar-refractivity contribution in [3.63, 3.8) is 0 Å². The monoisotopic (exact) mass is 264 g/mol. The highest BCUT2D eigenvalue weighted by Crippen LogP contribution is 1.97. The molecule has 5 nitrogen and oxygen atoms in total. The minimum atomic E-state index is -0.593. The first kappa shape index (κ1) is 15.2. The number of amides is 2. The molecule has 0 saturated carbocycles. The number of carbonyl (C=O) groups is 2. The molecule has 0 aliphatic heterocycles. The van der Waals surface area contributed by atoms with Crippen molar-refractivity contribution in [2.75, 3.05) is 26.8 Å². The molecule has 0 saturated heterocycles. The van der Waals surface area contributed by atoms with Crippen molar-refractivity contribution in [1.29, 1.82) is 0 Å². The SMILES string of the molecule is COCCCNC(=O)C(=O)NCCc1ccccc1. The lowest BCUT2D eigenvalue weighted by Gasteiger charge is -2.06. The summed E-state index contributed by atoms with van der Waals surface area (Å²) in [6.07, 6.45) is 1.41. The highest BCUT2D eigenvalue weighted by atomic mass is 16.5. The van der Waals surface area contributed by atoms with Crippen LogP contribution in [0, 0.1) is 0 Å². The van der Waals surface area contributed by atoms with Gasteiger partial charge < -0.3 is 15.4 Å². The first-order chi connectivity index (χ1) is 9.24. The van der Waals surface area contributed by atoms with Crippen molar-refractivity contribution in [3.05, 3.63) is 35.9 Å². The second-order valence-electron chi connectivity index (χ2n) is 4.09. The van der Waals surface area contributed by atoms with Crippen LogP contribution in [0.25, 0.3) is 0 Å². The molecule has 1 rings (SSSR count). The van der Waals surface area contributed by atoms with E-state index < -0.39 is 11.8 Å². The quantitative estimate of drug-likeness (QED) is 0.556.